The number of hydrogen-bond acceptors (Lipinski definition) is 2. The molecule has 0 atom stereocenters. The SMILES string of the molecule is CC(C)NCCCCCOCC=Cc1ccccc1. The summed E-state index contributed by atoms with van der Waals surface area (Å²) >= 11 is 0. The van der Waals surface area contributed by atoms with E-state index in [4.69, 9.17) is 4.74 Å². The minimum atomic E-state index is 0.597. The highest BCUT2D eigenvalue weighted by Crippen LogP contribution is 2.01. The number of rotatable bonds is 10. The predicted molar refractivity (Wildman–Crippen MR) is 83.3 cm³/mol. The molecule has 0 fully saturated rings. The maximum atomic E-state index is 5.58. The first-order valence-electron chi connectivity index (χ1n) is 7.32. The molecule has 1 aromatic rings. The summed E-state index contributed by atoms with van der Waals surface area (Å²) in [5, 5.41) is 3.42. The highest BCUT2D eigenvalue weighted by molar-refractivity contribution is 5.48. The normalized spacial score (nSPS) is 11.5. The van der Waals surface area contributed by atoms with Gasteiger partial charge in [0.1, 0.15) is 0 Å². The van der Waals surface area contributed by atoms with Crippen LogP contribution in [0.5, 0.6) is 0 Å². The van der Waals surface area contributed by atoms with E-state index in [2.05, 4.69) is 43.4 Å². The molecular weight excluding hydrogens is 234 g/mol. The first kappa shape index (κ1) is 15.9. The Labute approximate surface area is 117 Å². The van der Waals surface area contributed by atoms with E-state index in [0.29, 0.717) is 12.6 Å². The van der Waals surface area contributed by atoms with Crippen molar-refractivity contribution in [3.8, 4) is 0 Å². The highest BCUT2D eigenvalue weighted by Gasteiger charge is 1.92. The van der Waals surface area contributed by atoms with Gasteiger partial charge in [0.05, 0.1) is 6.61 Å². The lowest BCUT2D eigenvalue weighted by Gasteiger charge is -2.07. The molecule has 0 saturated heterocycles. The zero-order valence-electron chi connectivity index (χ0n) is 12.3. The first-order valence-corrected chi connectivity index (χ1v) is 7.32. The van der Waals surface area contributed by atoms with Gasteiger partial charge in [-0.3, -0.25) is 0 Å². The first-order chi connectivity index (χ1) is 9.29. The molecule has 0 aliphatic heterocycles. The molecule has 0 bridgehead atoms. The second-order valence-electron chi connectivity index (χ2n) is 5.06. The third kappa shape index (κ3) is 9.46. The largest absolute Gasteiger partial charge is 0.377 e. The van der Waals surface area contributed by atoms with Crippen molar-refractivity contribution in [1.29, 1.82) is 0 Å². The fourth-order valence-electron chi connectivity index (χ4n) is 1.80. The molecule has 0 heterocycles. The van der Waals surface area contributed by atoms with Gasteiger partial charge in [-0.2, -0.15) is 0 Å². The Kier molecular flexibility index (Phi) is 9.03. The molecule has 0 aliphatic rings. The molecule has 0 saturated carbocycles. The van der Waals surface area contributed by atoms with E-state index in [1.54, 1.807) is 0 Å². The Bertz CT molecular complexity index is 332. The van der Waals surface area contributed by atoms with Crippen molar-refractivity contribution in [1.82, 2.24) is 5.32 Å². The summed E-state index contributed by atoms with van der Waals surface area (Å²) in [6, 6.07) is 10.9. The second-order valence-corrected chi connectivity index (χ2v) is 5.06. The van der Waals surface area contributed by atoms with Gasteiger partial charge in [-0.1, -0.05) is 56.3 Å². The van der Waals surface area contributed by atoms with Crippen LogP contribution in [0.3, 0.4) is 0 Å². The molecule has 0 aliphatic carbocycles. The van der Waals surface area contributed by atoms with Crippen molar-refractivity contribution < 1.29 is 4.74 Å². The monoisotopic (exact) mass is 261 g/mol. The molecule has 0 radical (unpaired) electrons. The van der Waals surface area contributed by atoms with Crippen molar-refractivity contribution in [2.24, 2.45) is 0 Å². The van der Waals surface area contributed by atoms with Gasteiger partial charge in [-0.15, -0.1) is 0 Å². The summed E-state index contributed by atoms with van der Waals surface area (Å²) in [7, 11) is 0. The average Bonchev–Trinajstić information content (AvgIpc) is 2.42. The van der Waals surface area contributed by atoms with Gasteiger partial charge in [0.25, 0.3) is 0 Å². The lowest BCUT2D eigenvalue weighted by molar-refractivity contribution is 0.157. The van der Waals surface area contributed by atoms with Crippen LogP contribution in [0.15, 0.2) is 36.4 Å². The number of ether oxygens (including phenoxy) is 1. The molecule has 1 N–H and O–H groups in total. The number of unbranched alkanes of at least 4 members (excludes halogenated alkanes) is 2. The smallest absolute Gasteiger partial charge is 0.0650 e. The Morgan fingerprint density at radius 1 is 1.11 bits per heavy atom. The Balaban J connectivity index is 1.90. The van der Waals surface area contributed by atoms with E-state index in [1.807, 2.05) is 18.2 Å². The van der Waals surface area contributed by atoms with Gasteiger partial charge in [0, 0.05) is 12.6 Å². The van der Waals surface area contributed by atoms with Crippen molar-refractivity contribution in [3.05, 3.63) is 42.0 Å². The van der Waals surface area contributed by atoms with Gasteiger partial charge in [0.2, 0.25) is 0 Å². The molecule has 2 nitrogen and oxygen atoms in total. The van der Waals surface area contributed by atoms with Crippen molar-refractivity contribution in [2.45, 2.75) is 39.2 Å². The van der Waals surface area contributed by atoms with Gasteiger partial charge in [-0.25, -0.2) is 0 Å². The van der Waals surface area contributed by atoms with Crippen LogP contribution in [0.2, 0.25) is 0 Å². The summed E-state index contributed by atoms with van der Waals surface area (Å²) in [6.45, 7) is 7.05. The molecule has 1 aromatic carbocycles. The van der Waals surface area contributed by atoms with Crippen molar-refractivity contribution in [3.63, 3.8) is 0 Å². The van der Waals surface area contributed by atoms with E-state index >= 15 is 0 Å². The van der Waals surface area contributed by atoms with E-state index in [9.17, 15) is 0 Å². The van der Waals surface area contributed by atoms with Crippen LogP contribution in [0.1, 0.15) is 38.7 Å². The predicted octanol–water partition coefficient (Wildman–Crippen LogP) is 3.88. The zero-order chi connectivity index (χ0) is 13.8. The highest BCUT2D eigenvalue weighted by atomic mass is 16.5. The Morgan fingerprint density at radius 3 is 2.63 bits per heavy atom. The van der Waals surface area contributed by atoms with Gasteiger partial charge >= 0.3 is 0 Å². The van der Waals surface area contributed by atoms with Gasteiger partial charge < -0.3 is 10.1 Å². The van der Waals surface area contributed by atoms with Gasteiger partial charge in [0.15, 0.2) is 0 Å². The van der Waals surface area contributed by atoms with Crippen LogP contribution >= 0.6 is 0 Å². The summed E-state index contributed by atoms with van der Waals surface area (Å²) in [4.78, 5) is 0. The van der Waals surface area contributed by atoms with Crippen LogP contribution in [0.4, 0.5) is 0 Å². The van der Waals surface area contributed by atoms with Crippen LogP contribution < -0.4 is 5.32 Å². The van der Waals surface area contributed by atoms with E-state index in [0.717, 1.165) is 19.6 Å². The number of nitrogens with one attached hydrogen (secondary N) is 1. The molecule has 106 valence electrons. The molecule has 2 heteroatoms. The molecule has 0 amide bonds. The number of hydrogen-bond donors (Lipinski definition) is 1. The van der Waals surface area contributed by atoms with E-state index in [1.165, 1.54) is 18.4 Å². The van der Waals surface area contributed by atoms with E-state index < -0.39 is 0 Å². The van der Waals surface area contributed by atoms with Crippen LogP contribution in [-0.4, -0.2) is 25.8 Å². The van der Waals surface area contributed by atoms with E-state index in [-0.39, 0.29) is 0 Å². The minimum Gasteiger partial charge on any atom is -0.377 e. The van der Waals surface area contributed by atoms with Crippen LogP contribution in [-0.2, 0) is 4.74 Å². The average molecular weight is 261 g/mol. The Morgan fingerprint density at radius 2 is 1.89 bits per heavy atom. The quantitative estimate of drug-likeness (QED) is 0.645. The zero-order valence-corrected chi connectivity index (χ0v) is 12.3. The molecule has 1 rings (SSSR count). The minimum absolute atomic E-state index is 0.597. The van der Waals surface area contributed by atoms with Crippen molar-refractivity contribution in [2.75, 3.05) is 19.8 Å². The van der Waals surface area contributed by atoms with Crippen LogP contribution in [0, 0.1) is 0 Å². The molecule has 0 spiro atoms. The molecule has 0 aromatic heterocycles. The lowest BCUT2D eigenvalue weighted by atomic mass is 10.2. The third-order valence-electron chi connectivity index (χ3n) is 2.84. The third-order valence-corrected chi connectivity index (χ3v) is 2.84. The van der Waals surface area contributed by atoms with Crippen LogP contribution in [0.25, 0.3) is 6.08 Å². The molecule has 19 heavy (non-hydrogen) atoms. The van der Waals surface area contributed by atoms with Gasteiger partial charge in [-0.05, 0) is 31.4 Å². The maximum absolute atomic E-state index is 5.58. The van der Waals surface area contributed by atoms with Crippen molar-refractivity contribution >= 4 is 6.08 Å². The topological polar surface area (TPSA) is 21.3 Å². The Hall–Kier alpha value is -1.12. The second kappa shape index (κ2) is 10.8. The fourth-order valence-corrected chi connectivity index (χ4v) is 1.80. The molecule has 0 unspecified atom stereocenters. The summed E-state index contributed by atoms with van der Waals surface area (Å²) in [5.74, 6) is 0. The summed E-state index contributed by atoms with van der Waals surface area (Å²) < 4.78 is 5.58. The fraction of sp³-hybridized carbons (Fsp3) is 0.529. The standard InChI is InChI=1S/C17H27NO/c1-16(2)18-13-7-4-8-14-19-15-9-12-17-10-5-3-6-11-17/h3,5-6,9-12,16,18H,4,7-8,13-15H2,1-2H3. The maximum Gasteiger partial charge on any atom is 0.0650 e. The molecular formula is C17H27NO. The number of benzene rings is 1. The summed E-state index contributed by atoms with van der Waals surface area (Å²) in [6.07, 6.45) is 7.81. The lowest BCUT2D eigenvalue weighted by Crippen LogP contribution is -2.23. The summed E-state index contributed by atoms with van der Waals surface area (Å²) in [5.41, 5.74) is 1.23.